The summed E-state index contributed by atoms with van der Waals surface area (Å²) in [7, 11) is -4.64. The Morgan fingerprint density at radius 3 is 1.50 bits per heavy atom. The molecule has 6 nitrogen and oxygen atoms in total. The SMILES string of the molecule is CCCCCCCCCCCC(=O)O.O=P(O)(O)O.[H-].[Na+]. The summed E-state index contributed by atoms with van der Waals surface area (Å²) < 4.78 is 8.88. The molecule has 8 heteroatoms. The van der Waals surface area contributed by atoms with E-state index in [0.717, 1.165) is 12.8 Å². The van der Waals surface area contributed by atoms with Crippen molar-refractivity contribution in [3.8, 4) is 0 Å². The molecule has 0 heterocycles. The summed E-state index contributed by atoms with van der Waals surface area (Å²) in [5.74, 6) is -0.659. The second-order valence-corrected chi connectivity index (χ2v) is 5.51. The Kier molecular flexibility index (Phi) is 22.5. The molecule has 0 aliphatic rings. The summed E-state index contributed by atoms with van der Waals surface area (Å²) in [4.78, 5) is 31.8. The normalized spacial score (nSPS) is 10.2. The van der Waals surface area contributed by atoms with Crippen LogP contribution in [-0.2, 0) is 9.36 Å². The predicted molar refractivity (Wildman–Crippen MR) is 74.9 cm³/mol. The number of unbranched alkanes of at least 4 members (excludes halogenated alkanes) is 8. The zero-order valence-corrected chi connectivity index (χ0v) is 15.5. The minimum absolute atomic E-state index is 0. The van der Waals surface area contributed by atoms with Crippen molar-refractivity contribution in [2.45, 2.75) is 71.1 Å². The van der Waals surface area contributed by atoms with E-state index in [0.29, 0.717) is 6.42 Å². The largest absolute Gasteiger partial charge is 1.00 e. The van der Waals surface area contributed by atoms with Crippen LogP contribution < -0.4 is 29.6 Å². The molecule has 4 N–H and O–H groups in total. The van der Waals surface area contributed by atoms with Crippen LogP contribution in [0.4, 0.5) is 0 Å². The van der Waals surface area contributed by atoms with Gasteiger partial charge in [-0.2, -0.15) is 0 Å². The number of hydrogen-bond donors (Lipinski definition) is 4. The molecule has 0 radical (unpaired) electrons. The Hall–Kier alpha value is 0.580. The summed E-state index contributed by atoms with van der Waals surface area (Å²) in [5.41, 5.74) is 0. The van der Waals surface area contributed by atoms with Gasteiger partial charge in [-0.25, -0.2) is 4.57 Å². The maximum absolute atomic E-state index is 10.2. The molecule has 0 fully saturated rings. The Labute approximate surface area is 145 Å². The van der Waals surface area contributed by atoms with E-state index >= 15 is 0 Å². The van der Waals surface area contributed by atoms with Crippen LogP contribution in [0.2, 0.25) is 0 Å². The minimum Gasteiger partial charge on any atom is -1.00 e. The third-order valence-electron chi connectivity index (χ3n) is 2.49. The molecule has 0 aromatic rings. The Bertz CT molecular complexity index is 254. The Morgan fingerprint density at radius 2 is 1.20 bits per heavy atom. The fraction of sp³-hybridized carbons (Fsp3) is 0.917. The number of carboxylic acids is 1. The molecule has 0 amide bonds. The van der Waals surface area contributed by atoms with Crippen LogP contribution in [0.25, 0.3) is 0 Å². The molecular formula is C12H28NaO6P. The van der Waals surface area contributed by atoms with Gasteiger partial charge in [-0.3, -0.25) is 4.79 Å². The molecule has 0 saturated carbocycles. The molecule has 20 heavy (non-hydrogen) atoms. The van der Waals surface area contributed by atoms with Crippen molar-refractivity contribution in [3.05, 3.63) is 0 Å². The van der Waals surface area contributed by atoms with Crippen molar-refractivity contribution >= 4 is 13.8 Å². The molecule has 0 saturated heterocycles. The van der Waals surface area contributed by atoms with Gasteiger partial charge in [0.25, 0.3) is 0 Å². The topological polar surface area (TPSA) is 115 Å². The maximum Gasteiger partial charge on any atom is 1.00 e. The van der Waals surface area contributed by atoms with Crippen LogP contribution in [-0.4, -0.2) is 25.8 Å². The molecule has 0 aromatic heterocycles. The number of phosphoric acid groups is 1. The molecule has 0 spiro atoms. The average molecular weight is 322 g/mol. The molecule has 0 aliphatic heterocycles. The molecule has 0 aliphatic carbocycles. The summed E-state index contributed by atoms with van der Waals surface area (Å²) in [6.07, 6.45) is 11.5. The van der Waals surface area contributed by atoms with Crippen LogP contribution >= 0.6 is 7.82 Å². The average Bonchev–Trinajstić information content (AvgIpc) is 2.24. The number of carbonyl (C=O) groups is 1. The summed E-state index contributed by atoms with van der Waals surface area (Å²) in [6, 6.07) is 0. The van der Waals surface area contributed by atoms with Gasteiger partial charge in [0.15, 0.2) is 0 Å². The van der Waals surface area contributed by atoms with Crippen molar-refractivity contribution in [2.24, 2.45) is 0 Å². The van der Waals surface area contributed by atoms with Crippen LogP contribution in [0.1, 0.15) is 72.6 Å². The summed E-state index contributed by atoms with van der Waals surface area (Å²) in [6.45, 7) is 2.23. The number of aliphatic carboxylic acids is 1. The summed E-state index contributed by atoms with van der Waals surface area (Å²) >= 11 is 0. The Balaban J connectivity index is -0.000000179. The Morgan fingerprint density at radius 1 is 0.900 bits per heavy atom. The van der Waals surface area contributed by atoms with E-state index in [1.807, 2.05) is 0 Å². The molecule has 118 valence electrons. The minimum atomic E-state index is -4.64. The third-order valence-corrected chi connectivity index (χ3v) is 2.49. The van der Waals surface area contributed by atoms with Crippen molar-refractivity contribution in [1.29, 1.82) is 0 Å². The van der Waals surface area contributed by atoms with Gasteiger partial charge in [0.2, 0.25) is 0 Å². The van der Waals surface area contributed by atoms with Gasteiger partial charge >= 0.3 is 43.3 Å². The van der Waals surface area contributed by atoms with Gasteiger partial charge < -0.3 is 21.2 Å². The van der Waals surface area contributed by atoms with Crippen LogP contribution in [0.3, 0.4) is 0 Å². The molecular weight excluding hydrogens is 294 g/mol. The van der Waals surface area contributed by atoms with E-state index in [9.17, 15) is 4.79 Å². The van der Waals surface area contributed by atoms with Crippen molar-refractivity contribution in [2.75, 3.05) is 0 Å². The van der Waals surface area contributed by atoms with Crippen molar-refractivity contribution in [3.63, 3.8) is 0 Å². The van der Waals surface area contributed by atoms with E-state index in [-0.39, 0.29) is 31.0 Å². The predicted octanol–water partition coefficient (Wildman–Crippen LogP) is 0.180. The first kappa shape index (κ1) is 25.5. The molecule has 0 unspecified atom stereocenters. The standard InChI is InChI=1S/C12H24O2.Na.H3O4P.H/c1-2-3-4-5-6-7-8-9-10-11-12(13)14;;1-5(2,3)4;/h2-11H2,1H3,(H,13,14);;(H3,1,2,3,4);/q;+1;;-1. The number of hydrogen-bond acceptors (Lipinski definition) is 2. The van der Waals surface area contributed by atoms with Gasteiger partial charge in [-0.1, -0.05) is 58.3 Å². The van der Waals surface area contributed by atoms with E-state index in [1.54, 1.807) is 0 Å². The molecule has 0 rings (SSSR count). The zero-order valence-electron chi connectivity index (χ0n) is 13.6. The fourth-order valence-electron chi connectivity index (χ4n) is 1.59. The van der Waals surface area contributed by atoms with Crippen molar-refractivity contribution in [1.82, 2.24) is 0 Å². The van der Waals surface area contributed by atoms with E-state index in [1.165, 1.54) is 44.9 Å². The molecule has 0 aromatic carbocycles. The van der Waals surface area contributed by atoms with Crippen molar-refractivity contribution < 1.29 is 60.1 Å². The van der Waals surface area contributed by atoms with Crippen LogP contribution in [0.15, 0.2) is 0 Å². The maximum atomic E-state index is 10.2. The first-order valence-corrected chi connectivity index (χ1v) is 8.34. The van der Waals surface area contributed by atoms with Gasteiger partial charge in [0.05, 0.1) is 0 Å². The molecule has 0 bridgehead atoms. The number of rotatable bonds is 10. The van der Waals surface area contributed by atoms with Gasteiger partial charge in [-0.05, 0) is 6.42 Å². The first-order chi connectivity index (χ1) is 8.77. The van der Waals surface area contributed by atoms with E-state index in [2.05, 4.69) is 6.92 Å². The quantitative estimate of drug-likeness (QED) is 0.259. The van der Waals surface area contributed by atoms with Gasteiger partial charge in [0, 0.05) is 6.42 Å². The van der Waals surface area contributed by atoms with Gasteiger partial charge in [-0.15, -0.1) is 0 Å². The second-order valence-electron chi connectivity index (χ2n) is 4.49. The number of carboxylic acid groups (broad SMARTS) is 1. The van der Waals surface area contributed by atoms with Gasteiger partial charge in [0.1, 0.15) is 0 Å². The summed E-state index contributed by atoms with van der Waals surface area (Å²) in [5, 5.41) is 8.41. The third kappa shape index (κ3) is 42.8. The molecule has 0 atom stereocenters. The van der Waals surface area contributed by atoms with E-state index in [4.69, 9.17) is 24.4 Å². The van der Waals surface area contributed by atoms with E-state index < -0.39 is 13.8 Å². The first-order valence-electron chi connectivity index (χ1n) is 6.77. The smallest absolute Gasteiger partial charge is 1.00 e. The second kappa shape index (κ2) is 17.6. The zero-order chi connectivity index (χ0) is 15.1. The van der Waals surface area contributed by atoms with Crippen LogP contribution in [0, 0.1) is 0 Å². The van der Waals surface area contributed by atoms with Crippen LogP contribution in [0.5, 0.6) is 0 Å². The fourth-order valence-corrected chi connectivity index (χ4v) is 1.59. The monoisotopic (exact) mass is 322 g/mol.